The monoisotopic (exact) mass is 140 g/mol. The minimum absolute atomic E-state index is 0. The average Bonchev–Trinajstić information content (AvgIpc) is 1.37. The Labute approximate surface area is 41.5 Å². The van der Waals surface area contributed by atoms with E-state index in [0.29, 0.717) is 6.33 Å². The van der Waals surface area contributed by atoms with E-state index in [2.05, 4.69) is 0 Å². The minimum atomic E-state index is 0. The van der Waals surface area contributed by atoms with Gasteiger partial charge in [0.05, 0.1) is 6.33 Å². The summed E-state index contributed by atoms with van der Waals surface area (Å²) in [6, 6.07) is 0. The molecule has 32 valence electrons. The molecule has 0 aliphatic rings. The molecule has 0 saturated carbocycles. The van der Waals surface area contributed by atoms with Gasteiger partial charge in [-0.3, -0.25) is 0 Å². The van der Waals surface area contributed by atoms with Crippen LogP contribution < -0.4 is 0 Å². The normalized spacial score (nSPS) is 7.60. The van der Waals surface area contributed by atoms with Crippen molar-refractivity contribution < 1.29 is 4.39 Å². The van der Waals surface area contributed by atoms with Gasteiger partial charge in [-0.1, -0.05) is 6.08 Å². The van der Waals surface area contributed by atoms with E-state index in [0.717, 1.165) is 0 Å². The zero-order chi connectivity index (χ0) is 3.41. The van der Waals surface area contributed by atoms with Crippen LogP contribution in [0.25, 0.3) is 0 Å². The highest BCUT2D eigenvalue weighted by Gasteiger charge is 1.38. The third-order valence-corrected chi connectivity index (χ3v) is 0.126. The third kappa shape index (κ3) is 14.5. The lowest BCUT2D eigenvalue weighted by molar-refractivity contribution is 0.719. The van der Waals surface area contributed by atoms with E-state index in [9.17, 15) is 4.39 Å². The molecule has 0 radical (unpaired) electrons. The number of hydrogen-bond acceptors (Lipinski definition) is 0. The molecule has 0 heterocycles. The molecule has 0 aliphatic carbocycles. The molecule has 0 atom stereocenters. The van der Waals surface area contributed by atoms with Crippen molar-refractivity contribution in [2.45, 2.75) is 6.92 Å². The average molecular weight is 141 g/mol. The molecule has 0 N–H and O–H groups in total. The Morgan fingerprint density at radius 2 is 1.80 bits per heavy atom. The summed E-state index contributed by atoms with van der Waals surface area (Å²) in [5, 5.41) is 0. The molecule has 0 spiro atoms. The molecule has 0 fully saturated rings. The Kier molecular flexibility index (Phi) is 15.9. The lowest BCUT2D eigenvalue weighted by atomic mass is 10.8. The zero-order valence-electron chi connectivity index (χ0n) is 2.94. The first-order valence-electron chi connectivity index (χ1n) is 1.13. The van der Waals surface area contributed by atoms with Crippen molar-refractivity contribution in [2.75, 3.05) is 0 Å². The molecule has 2 heteroatoms. The number of rotatable bonds is 0. The van der Waals surface area contributed by atoms with Crippen LogP contribution in [0, 0.1) is 0 Å². The van der Waals surface area contributed by atoms with Crippen LogP contribution in [0.3, 0.4) is 0 Å². The summed E-state index contributed by atoms with van der Waals surface area (Å²) in [6.07, 6.45) is 1.83. The Morgan fingerprint density at radius 1 is 1.60 bits per heavy atom. The molecule has 0 aromatic heterocycles. The van der Waals surface area contributed by atoms with Crippen LogP contribution in [0.4, 0.5) is 4.39 Å². The number of hydrogen-bond donors (Lipinski definition) is 0. The summed E-state index contributed by atoms with van der Waals surface area (Å²) in [5.74, 6) is 0. The van der Waals surface area contributed by atoms with Crippen molar-refractivity contribution in [3.05, 3.63) is 12.4 Å². The van der Waals surface area contributed by atoms with Gasteiger partial charge in [0.2, 0.25) is 0 Å². The molecular formula is C3H6BrF. The maximum Gasteiger partial charge on any atom is 0.0824 e. The molecule has 0 amide bonds. The maximum atomic E-state index is 10.5. The maximum absolute atomic E-state index is 10.5. The smallest absolute Gasteiger partial charge is 0.0824 e. The van der Waals surface area contributed by atoms with E-state index < -0.39 is 0 Å². The predicted octanol–water partition coefficient (Wildman–Crippen LogP) is 2.07. The summed E-state index contributed by atoms with van der Waals surface area (Å²) < 4.78 is 10.5. The van der Waals surface area contributed by atoms with Crippen molar-refractivity contribution in [1.29, 1.82) is 0 Å². The third-order valence-electron chi connectivity index (χ3n) is 0.126. The van der Waals surface area contributed by atoms with Gasteiger partial charge >= 0.3 is 0 Å². The van der Waals surface area contributed by atoms with Crippen molar-refractivity contribution in [1.82, 2.24) is 0 Å². The molecular weight excluding hydrogens is 135 g/mol. The van der Waals surface area contributed by atoms with Crippen LogP contribution in [0.1, 0.15) is 6.92 Å². The fourth-order valence-corrected chi connectivity index (χ4v) is 0. The van der Waals surface area contributed by atoms with Crippen LogP contribution in [0.2, 0.25) is 0 Å². The van der Waals surface area contributed by atoms with E-state index in [1.165, 1.54) is 6.08 Å². The molecule has 5 heavy (non-hydrogen) atoms. The molecule has 0 aliphatic heterocycles. The second-order valence-electron chi connectivity index (χ2n) is 0.459. The van der Waals surface area contributed by atoms with Crippen LogP contribution in [-0.2, 0) is 0 Å². The Hall–Kier alpha value is 0.150. The Morgan fingerprint density at radius 3 is 1.80 bits per heavy atom. The molecule has 0 bridgehead atoms. The first kappa shape index (κ1) is 8.94. The van der Waals surface area contributed by atoms with Gasteiger partial charge in [-0.2, -0.15) is 0 Å². The van der Waals surface area contributed by atoms with Gasteiger partial charge in [-0.15, -0.1) is 17.0 Å². The summed E-state index contributed by atoms with van der Waals surface area (Å²) in [4.78, 5) is 0. The quantitative estimate of drug-likeness (QED) is 0.484. The lowest BCUT2D eigenvalue weighted by Gasteiger charge is -1.45. The zero-order valence-corrected chi connectivity index (χ0v) is 4.65. The van der Waals surface area contributed by atoms with Crippen molar-refractivity contribution >= 4 is 17.0 Å². The van der Waals surface area contributed by atoms with Crippen molar-refractivity contribution in [2.24, 2.45) is 0 Å². The fraction of sp³-hybridized carbons (Fsp3) is 0.333. The Bertz CT molecular complexity index is 22.1. The predicted molar refractivity (Wildman–Crippen MR) is 26.2 cm³/mol. The van der Waals surface area contributed by atoms with Crippen molar-refractivity contribution in [3.8, 4) is 0 Å². The van der Waals surface area contributed by atoms with Crippen molar-refractivity contribution in [3.63, 3.8) is 0 Å². The second-order valence-corrected chi connectivity index (χ2v) is 0.459. The van der Waals surface area contributed by atoms with Crippen LogP contribution >= 0.6 is 17.0 Å². The number of allylic oxidation sites excluding steroid dienone is 1. The van der Waals surface area contributed by atoms with Gasteiger partial charge in [-0.05, 0) is 6.92 Å². The standard InChI is InChI=1S/C3H5F.BrH/c1-2-3-4;/h2-3H,1H3;1H. The Balaban J connectivity index is 0. The first-order valence-corrected chi connectivity index (χ1v) is 1.13. The highest BCUT2D eigenvalue weighted by Crippen LogP contribution is 1.62. The molecule has 0 rings (SSSR count). The summed E-state index contributed by atoms with van der Waals surface area (Å²) in [5.41, 5.74) is 0. The molecule has 0 aromatic rings. The SMILES string of the molecule is Br.CC=CF. The van der Waals surface area contributed by atoms with E-state index in [1.807, 2.05) is 0 Å². The van der Waals surface area contributed by atoms with Crippen LogP contribution in [-0.4, -0.2) is 0 Å². The number of halogens is 2. The molecule has 0 nitrogen and oxygen atoms in total. The van der Waals surface area contributed by atoms with Crippen LogP contribution in [0.5, 0.6) is 0 Å². The largest absolute Gasteiger partial charge is 0.216 e. The highest BCUT2D eigenvalue weighted by molar-refractivity contribution is 8.93. The molecule has 0 unspecified atom stereocenters. The second kappa shape index (κ2) is 8.91. The van der Waals surface area contributed by atoms with E-state index >= 15 is 0 Å². The van der Waals surface area contributed by atoms with Gasteiger partial charge in [0, 0.05) is 0 Å². The lowest BCUT2D eigenvalue weighted by Crippen LogP contribution is -1.22. The van der Waals surface area contributed by atoms with E-state index in [1.54, 1.807) is 6.92 Å². The fourth-order valence-electron chi connectivity index (χ4n) is 0. The van der Waals surface area contributed by atoms with E-state index in [4.69, 9.17) is 0 Å². The summed E-state index contributed by atoms with van der Waals surface area (Å²) in [6.45, 7) is 1.62. The topological polar surface area (TPSA) is 0 Å². The first-order chi connectivity index (χ1) is 1.91. The van der Waals surface area contributed by atoms with Gasteiger partial charge in [0.1, 0.15) is 0 Å². The van der Waals surface area contributed by atoms with E-state index in [-0.39, 0.29) is 17.0 Å². The van der Waals surface area contributed by atoms with Gasteiger partial charge < -0.3 is 0 Å². The van der Waals surface area contributed by atoms with Gasteiger partial charge in [0.25, 0.3) is 0 Å². The summed E-state index contributed by atoms with van der Waals surface area (Å²) >= 11 is 0. The summed E-state index contributed by atoms with van der Waals surface area (Å²) in [7, 11) is 0. The molecule has 0 aromatic carbocycles. The van der Waals surface area contributed by atoms with Crippen LogP contribution in [0.15, 0.2) is 12.4 Å². The highest BCUT2D eigenvalue weighted by atomic mass is 79.9. The van der Waals surface area contributed by atoms with Gasteiger partial charge in [-0.25, -0.2) is 4.39 Å². The molecule has 0 saturated heterocycles. The van der Waals surface area contributed by atoms with Gasteiger partial charge in [0.15, 0.2) is 0 Å². The minimum Gasteiger partial charge on any atom is -0.216 e.